The maximum absolute atomic E-state index is 10.7. The van der Waals surface area contributed by atoms with Crippen molar-refractivity contribution < 1.29 is 5.11 Å². The summed E-state index contributed by atoms with van der Waals surface area (Å²) in [5.41, 5.74) is -0.0744. The fraction of sp³-hybridized carbons (Fsp3) is 0.632. The van der Waals surface area contributed by atoms with E-state index < -0.39 is 5.60 Å². The summed E-state index contributed by atoms with van der Waals surface area (Å²) >= 11 is 0. The van der Waals surface area contributed by atoms with Crippen LogP contribution in [0.4, 0.5) is 0 Å². The monoisotopic (exact) mass is 332 g/mol. The van der Waals surface area contributed by atoms with Crippen LogP contribution in [0.2, 0.25) is 0 Å². The van der Waals surface area contributed by atoms with Gasteiger partial charge in [0.05, 0.1) is 6.54 Å². The summed E-state index contributed by atoms with van der Waals surface area (Å²) in [6.07, 6.45) is 1.24. The second-order valence-corrected chi connectivity index (χ2v) is 6.76. The largest absolute Gasteiger partial charge is 0.384 e. The van der Waals surface area contributed by atoms with Crippen molar-refractivity contribution in [1.82, 2.24) is 15.5 Å². The van der Waals surface area contributed by atoms with Crippen molar-refractivity contribution in [3.63, 3.8) is 0 Å². The van der Waals surface area contributed by atoms with E-state index >= 15 is 0 Å². The Bertz CT molecular complexity index is 515. The lowest BCUT2D eigenvalue weighted by atomic mass is 9.96. The van der Waals surface area contributed by atoms with Gasteiger partial charge in [-0.3, -0.25) is 0 Å². The Labute approximate surface area is 146 Å². The number of guanidine groups is 1. The molecule has 1 aromatic rings. The number of aliphatic hydroxyl groups is 1. The molecule has 1 saturated heterocycles. The van der Waals surface area contributed by atoms with E-state index in [1.54, 1.807) is 0 Å². The van der Waals surface area contributed by atoms with E-state index in [1.165, 1.54) is 13.0 Å². The SMILES string of the molecule is CCNC(=NCC(C)(O)c1ccccc1)NCC1CCN(CC)C1. The van der Waals surface area contributed by atoms with Gasteiger partial charge in [-0.25, -0.2) is 4.99 Å². The van der Waals surface area contributed by atoms with Gasteiger partial charge in [-0.15, -0.1) is 0 Å². The Morgan fingerprint density at radius 3 is 2.67 bits per heavy atom. The number of rotatable bonds is 7. The van der Waals surface area contributed by atoms with Crippen molar-refractivity contribution in [3.05, 3.63) is 35.9 Å². The molecule has 1 fully saturated rings. The van der Waals surface area contributed by atoms with E-state index in [0.717, 1.165) is 37.7 Å². The number of hydrogen-bond acceptors (Lipinski definition) is 3. The molecular weight excluding hydrogens is 300 g/mol. The molecule has 2 atom stereocenters. The number of nitrogens with one attached hydrogen (secondary N) is 2. The zero-order valence-electron chi connectivity index (χ0n) is 15.3. The number of nitrogens with zero attached hydrogens (tertiary/aromatic N) is 2. The molecular formula is C19H32N4O. The topological polar surface area (TPSA) is 59.9 Å². The Kier molecular flexibility index (Phi) is 7.06. The third-order valence-corrected chi connectivity index (χ3v) is 4.66. The van der Waals surface area contributed by atoms with E-state index in [2.05, 4.69) is 34.4 Å². The molecule has 2 rings (SSSR count). The fourth-order valence-corrected chi connectivity index (χ4v) is 3.07. The minimum Gasteiger partial charge on any atom is -0.384 e. The van der Waals surface area contributed by atoms with Crippen molar-refractivity contribution in [3.8, 4) is 0 Å². The predicted octanol–water partition coefficient (Wildman–Crippen LogP) is 1.79. The van der Waals surface area contributed by atoms with Crippen molar-refractivity contribution in [2.24, 2.45) is 10.9 Å². The zero-order valence-corrected chi connectivity index (χ0v) is 15.3. The van der Waals surface area contributed by atoms with Gasteiger partial charge in [-0.1, -0.05) is 37.3 Å². The molecule has 0 aromatic heterocycles. The molecule has 3 N–H and O–H groups in total. The summed E-state index contributed by atoms with van der Waals surface area (Å²) in [6.45, 7) is 11.6. The number of likely N-dealkylation sites (tertiary alicyclic amines) is 1. The van der Waals surface area contributed by atoms with Gasteiger partial charge in [0.1, 0.15) is 5.60 Å². The molecule has 1 aliphatic heterocycles. The lowest BCUT2D eigenvalue weighted by Crippen LogP contribution is -2.41. The van der Waals surface area contributed by atoms with Crippen molar-refractivity contribution in [1.29, 1.82) is 0 Å². The first-order chi connectivity index (χ1) is 11.5. The maximum Gasteiger partial charge on any atom is 0.191 e. The lowest BCUT2D eigenvalue weighted by Gasteiger charge is -2.23. The van der Waals surface area contributed by atoms with Crippen molar-refractivity contribution in [2.75, 3.05) is 39.3 Å². The van der Waals surface area contributed by atoms with Gasteiger partial charge >= 0.3 is 0 Å². The van der Waals surface area contributed by atoms with Crippen LogP contribution in [-0.4, -0.2) is 55.2 Å². The summed E-state index contributed by atoms with van der Waals surface area (Å²) in [5, 5.41) is 17.4. The predicted molar refractivity (Wildman–Crippen MR) is 100 cm³/mol. The van der Waals surface area contributed by atoms with Gasteiger partial charge in [0.25, 0.3) is 0 Å². The highest BCUT2D eigenvalue weighted by molar-refractivity contribution is 5.79. The summed E-state index contributed by atoms with van der Waals surface area (Å²) in [6, 6.07) is 9.71. The quantitative estimate of drug-likeness (QED) is 0.526. The van der Waals surface area contributed by atoms with Crippen LogP contribution in [0.15, 0.2) is 35.3 Å². The minimum atomic E-state index is -0.962. The first-order valence-electron chi connectivity index (χ1n) is 9.07. The summed E-state index contributed by atoms with van der Waals surface area (Å²) < 4.78 is 0. The molecule has 0 amide bonds. The lowest BCUT2D eigenvalue weighted by molar-refractivity contribution is 0.0672. The second kappa shape index (κ2) is 9.04. The molecule has 0 spiro atoms. The minimum absolute atomic E-state index is 0.331. The van der Waals surface area contributed by atoms with Crippen LogP contribution >= 0.6 is 0 Å². The summed E-state index contributed by atoms with van der Waals surface area (Å²) in [5.74, 6) is 1.45. The third kappa shape index (κ3) is 5.49. The maximum atomic E-state index is 10.7. The number of aliphatic imine (C=N–C) groups is 1. The van der Waals surface area contributed by atoms with Crippen LogP contribution in [0.25, 0.3) is 0 Å². The molecule has 1 aliphatic rings. The third-order valence-electron chi connectivity index (χ3n) is 4.66. The standard InChI is InChI=1S/C19H32N4O/c1-4-20-18(21-13-16-11-12-23(5-2)14-16)22-15-19(3,24)17-9-7-6-8-10-17/h6-10,16,24H,4-5,11-15H2,1-3H3,(H2,20,21,22). The molecule has 24 heavy (non-hydrogen) atoms. The van der Waals surface area contributed by atoms with Crippen LogP contribution in [0, 0.1) is 5.92 Å². The van der Waals surface area contributed by atoms with E-state index in [9.17, 15) is 5.11 Å². The van der Waals surface area contributed by atoms with Gasteiger partial charge in [-0.05, 0) is 44.8 Å². The summed E-state index contributed by atoms with van der Waals surface area (Å²) in [7, 11) is 0. The molecule has 0 bridgehead atoms. The van der Waals surface area contributed by atoms with E-state index in [-0.39, 0.29) is 0 Å². The fourth-order valence-electron chi connectivity index (χ4n) is 3.07. The van der Waals surface area contributed by atoms with Crippen LogP contribution in [0.5, 0.6) is 0 Å². The average molecular weight is 332 g/mol. The second-order valence-electron chi connectivity index (χ2n) is 6.76. The molecule has 1 heterocycles. The normalized spacial score (nSPS) is 21.5. The Balaban J connectivity index is 1.90. The molecule has 0 aliphatic carbocycles. The Hall–Kier alpha value is -1.59. The van der Waals surface area contributed by atoms with Crippen molar-refractivity contribution in [2.45, 2.75) is 32.8 Å². The highest BCUT2D eigenvalue weighted by atomic mass is 16.3. The van der Waals surface area contributed by atoms with Crippen LogP contribution in [0.1, 0.15) is 32.8 Å². The first kappa shape index (κ1) is 18.7. The molecule has 5 nitrogen and oxygen atoms in total. The van der Waals surface area contributed by atoms with Gasteiger partial charge in [-0.2, -0.15) is 0 Å². The van der Waals surface area contributed by atoms with E-state index in [4.69, 9.17) is 0 Å². The van der Waals surface area contributed by atoms with Crippen LogP contribution in [-0.2, 0) is 5.60 Å². The number of benzene rings is 1. The van der Waals surface area contributed by atoms with Gasteiger partial charge in [0.15, 0.2) is 5.96 Å². The summed E-state index contributed by atoms with van der Waals surface area (Å²) in [4.78, 5) is 7.08. The van der Waals surface area contributed by atoms with Gasteiger partial charge in [0, 0.05) is 19.6 Å². The average Bonchev–Trinajstić information content (AvgIpc) is 3.06. The molecule has 0 radical (unpaired) electrons. The molecule has 5 heteroatoms. The Morgan fingerprint density at radius 1 is 1.29 bits per heavy atom. The molecule has 2 unspecified atom stereocenters. The Morgan fingerprint density at radius 2 is 2.04 bits per heavy atom. The van der Waals surface area contributed by atoms with Gasteiger partial charge in [0.2, 0.25) is 0 Å². The number of hydrogen-bond donors (Lipinski definition) is 3. The molecule has 134 valence electrons. The zero-order chi connectivity index (χ0) is 17.4. The van der Waals surface area contributed by atoms with Crippen LogP contribution < -0.4 is 10.6 Å². The highest BCUT2D eigenvalue weighted by Crippen LogP contribution is 2.20. The van der Waals surface area contributed by atoms with Gasteiger partial charge < -0.3 is 20.6 Å². The van der Waals surface area contributed by atoms with Crippen molar-refractivity contribution >= 4 is 5.96 Å². The van der Waals surface area contributed by atoms with Crippen LogP contribution in [0.3, 0.4) is 0 Å². The van der Waals surface area contributed by atoms with E-state index in [0.29, 0.717) is 12.5 Å². The highest BCUT2D eigenvalue weighted by Gasteiger charge is 2.23. The first-order valence-corrected chi connectivity index (χ1v) is 9.07. The molecule has 0 saturated carbocycles. The smallest absolute Gasteiger partial charge is 0.191 e. The molecule has 1 aromatic carbocycles. The van der Waals surface area contributed by atoms with E-state index in [1.807, 2.05) is 37.3 Å².